The van der Waals surface area contributed by atoms with Crippen LogP contribution in [0.4, 0.5) is 0 Å². The van der Waals surface area contributed by atoms with Crippen molar-refractivity contribution in [3.8, 4) is 0 Å². The first-order chi connectivity index (χ1) is 11.3. The molecule has 0 aromatic carbocycles. The third-order valence-corrected chi connectivity index (χ3v) is 4.99. The van der Waals surface area contributed by atoms with Gasteiger partial charge in [-0.05, 0) is 25.7 Å². The van der Waals surface area contributed by atoms with Gasteiger partial charge in [-0.1, -0.05) is 104 Å². The number of hydrogen-bond acceptors (Lipinski definition) is 1. The molecule has 0 saturated heterocycles. The van der Waals surface area contributed by atoms with Gasteiger partial charge in [0.25, 0.3) is 0 Å². The summed E-state index contributed by atoms with van der Waals surface area (Å²) in [5.74, 6) is 0.821. The third kappa shape index (κ3) is 20.9. The summed E-state index contributed by atoms with van der Waals surface area (Å²) >= 11 is 0. The van der Waals surface area contributed by atoms with Gasteiger partial charge in [0, 0.05) is 13.2 Å². The average Bonchev–Trinajstić information content (AvgIpc) is 2.57. The minimum atomic E-state index is 0. The molecule has 0 spiro atoms. The molecule has 0 fully saturated rings. The van der Waals surface area contributed by atoms with E-state index in [0.29, 0.717) is 0 Å². The Morgan fingerprint density at radius 1 is 0.542 bits per heavy atom. The van der Waals surface area contributed by atoms with Crippen molar-refractivity contribution in [2.45, 2.75) is 124 Å². The predicted octanol–water partition coefficient (Wildman–Crippen LogP) is 7.00. The van der Waals surface area contributed by atoms with Crippen molar-refractivity contribution in [3.05, 3.63) is 0 Å². The van der Waals surface area contributed by atoms with Crippen LogP contribution in [0.2, 0.25) is 0 Å². The van der Waals surface area contributed by atoms with E-state index in [1.54, 1.807) is 0 Å². The van der Waals surface area contributed by atoms with Crippen LogP contribution in [0, 0.1) is 5.92 Å². The van der Waals surface area contributed by atoms with Gasteiger partial charge in [0.15, 0.2) is 0 Å². The Morgan fingerprint density at radius 2 is 0.917 bits per heavy atom. The van der Waals surface area contributed by atoms with Gasteiger partial charge in [-0.15, -0.1) is 0 Å². The molecule has 0 aliphatic heterocycles. The van der Waals surface area contributed by atoms with Crippen molar-refractivity contribution in [1.29, 1.82) is 0 Å². The Balaban J connectivity index is 0. The van der Waals surface area contributed by atoms with Crippen LogP contribution in [0.5, 0.6) is 0 Å². The summed E-state index contributed by atoms with van der Waals surface area (Å²) in [6.07, 6.45) is 22.7. The van der Waals surface area contributed by atoms with E-state index in [1.165, 1.54) is 103 Å². The number of hydrogen-bond donors (Lipinski definition) is 0. The van der Waals surface area contributed by atoms with E-state index in [2.05, 4.69) is 20.8 Å². The summed E-state index contributed by atoms with van der Waals surface area (Å²) in [6.45, 7) is 8.59. The molecule has 0 saturated carbocycles. The van der Waals surface area contributed by atoms with E-state index < -0.39 is 0 Å². The standard InChI is InChI=1S/C22H46O.Po.2H/c1-4-7-9-11-13-14-16-18-20-22(21-23-6-3)19-17-15-12-10-8-5-2;;;/h22H,4-21H2,1-3H3;;;. The minimum absolute atomic E-state index is 0. The molecule has 24 heavy (non-hydrogen) atoms. The molecule has 1 unspecified atom stereocenters. The Labute approximate surface area is 173 Å². The first-order valence-corrected chi connectivity index (χ1v) is 10.9. The topological polar surface area (TPSA) is 9.23 Å². The summed E-state index contributed by atoms with van der Waals surface area (Å²) in [7, 11) is 0. The molecule has 2 heteroatoms. The van der Waals surface area contributed by atoms with Crippen LogP contribution in [0.3, 0.4) is 0 Å². The number of rotatable bonds is 19. The van der Waals surface area contributed by atoms with Crippen molar-refractivity contribution >= 4 is 26.6 Å². The van der Waals surface area contributed by atoms with Crippen LogP contribution in [0.25, 0.3) is 0 Å². The summed E-state index contributed by atoms with van der Waals surface area (Å²) in [5.41, 5.74) is 0. The van der Waals surface area contributed by atoms with Crippen LogP contribution in [0.1, 0.15) is 124 Å². The fourth-order valence-electron chi connectivity index (χ4n) is 3.38. The Morgan fingerprint density at radius 3 is 1.29 bits per heavy atom. The van der Waals surface area contributed by atoms with Gasteiger partial charge >= 0.3 is 26.6 Å². The van der Waals surface area contributed by atoms with Gasteiger partial charge in [0.2, 0.25) is 0 Å². The average molecular weight is 538 g/mol. The number of ether oxygens (including phenoxy) is 1. The maximum atomic E-state index is 5.71. The second kappa shape index (κ2) is 23.9. The molecule has 0 aliphatic carbocycles. The molecule has 0 N–H and O–H groups in total. The van der Waals surface area contributed by atoms with E-state index >= 15 is 0 Å². The normalized spacial score (nSPS) is 12.1. The van der Waals surface area contributed by atoms with Gasteiger partial charge in [-0.3, -0.25) is 0 Å². The zero-order valence-corrected chi connectivity index (χ0v) is 21.1. The quantitative estimate of drug-likeness (QED) is 0.161. The molecule has 0 bridgehead atoms. The van der Waals surface area contributed by atoms with E-state index in [0.717, 1.165) is 19.1 Å². The van der Waals surface area contributed by atoms with Crippen molar-refractivity contribution in [1.82, 2.24) is 0 Å². The zero-order chi connectivity index (χ0) is 17.0. The second-order valence-corrected chi connectivity index (χ2v) is 7.35. The van der Waals surface area contributed by atoms with E-state index in [9.17, 15) is 0 Å². The summed E-state index contributed by atoms with van der Waals surface area (Å²) < 4.78 is 5.71. The first kappa shape index (κ1) is 27.1. The summed E-state index contributed by atoms with van der Waals surface area (Å²) in [6, 6.07) is 0. The van der Waals surface area contributed by atoms with Crippen LogP contribution in [0.15, 0.2) is 0 Å². The molecule has 0 heterocycles. The summed E-state index contributed by atoms with van der Waals surface area (Å²) in [5, 5.41) is 0. The molecule has 0 aliphatic rings. The zero-order valence-electron chi connectivity index (χ0n) is 17.2. The van der Waals surface area contributed by atoms with Gasteiger partial charge in [0.1, 0.15) is 0 Å². The third-order valence-electron chi connectivity index (χ3n) is 4.99. The molecular weight excluding hydrogens is 489 g/mol. The van der Waals surface area contributed by atoms with Gasteiger partial charge in [-0.25, -0.2) is 0 Å². The van der Waals surface area contributed by atoms with Crippen LogP contribution in [-0.4, -0.2) is 39.8 Å². The fraction of sp³-hybridized carbons (Fsp3) is 1.00. The molecule has 1 nitrogen and oxygen atoms in total. The Hall–Kier alpha value is 0.856. The second-order valence-electron chi connectivity index (χ2n) is 7.35. The maximum absolute atomic E-state index is 5.71. The van der Waals surface area contributed by atoms with E-state index in [1.807, 2.05) is 0 Å². The van der Waals surface area contributed by atoms with E-state index in [4.69, 9.17) is 4.74 Å². The SMILES string of the molecule is CCCCCCCCCCC(CCCCCCCC)COCC.[PoH2]. The molecule has 0 amide bonds. The monoisotopic (exact) mass is 537 g/mol. The predicted molar refractivity (Wildman–Crippen MR) is 114 cm³/mol. The summed E-state index contributed by atoms with van der Waals surface area (Å²) in [4.78, 5) is 0. The van der Waals surface area contributed by atoms with Crippen molar-refractivity contribution in [2.24, 2.45) is 5.92 Å². The van der Waals surface area contributed by atoms with Crippen molar-refractivity contribution < 1.29 is 4.74 Å². The van der Waals surface area contributed by atoms with E-state index in [-0.39, 0.29) is 26.6 Å². The van der Waals surface area contributed by atoms with Gasteiger partial charge in [0.05, 0.1) is 0 Å². The van der Waals surface area contributed by atoms with Crippen molar-refractivity contribution in [3.63, 3.8) is 0 Å². The molecule has 148 valence electrons. The fourth-order valence-corrected chi connectivity index (χ4v) is 3.38. The first-order valence-electron chi connectivity index (χ1n) is 10.9. The Kier molecular flexibility index (Phi) is 26.9. The van der Waals surface area contributed by atoms with Gasteiger partial charge < -0.3 is 4.74 Å². The molecule has 0 aromatic heterocycles. The number of unbranched alkanes of at least 4 members (excludes halogenated alkanes) is 12. The van der Waals surface area contributed by atoms with Crippen LogP contribution >= 0.6 is 0 Å². The van der Waals surface area contributed by atoms with Crippen molar-refractivity contribution in [2.75, 3.05) is 13.2 Å². The van der Waals surface area contributed by atoms with Gasteiger partial charge in [-0.2, -0.15) is 0 Å². The van der Waals surface area contributed by atoms with Crippen LogP contribution < -0.4 is 0 Å². The molecular formula is C22H48OPo. The Bertz CT molecular complexity index is 208. The molecule has 0 radical (unpaired) electrons. The molecule has 0 rings (SSSR count). The molecule has 0 aromatic rings. The van der Waals surface area contributed by atoms with Crippen LogP contribution in [-0.2, 0) is 4.74 Å². The molecule has 1 atom stereocenters.